The Bertz CT molecular complexity index is 651. The summed E-state index contributed by atoms with van der Waals surface area (Å²) in [6.45, 7) is 5.06. The molecule has 1 atom stereocenters. The third kappa shape index (κ3) is 3.54. The topological polar surface area (TPSA) is 53.4 Å². The van der Waals surface area contributed by atoms with E-state index in [9.17, 15) is 4.79 Å². The summed E-state index contributed by atoms with van der Waals surface area (Å²) in [6.07, 6.45) is 2.40. The van der Waals surface area contributed by atoms with Crippen LogP contribution in [0.5, 0.6) is 0 Å². The van der Waals surface area contributed by atoms with E-state index in [-0.39, 0.29) is 0 Å². The molecule has 0 aliphatic carbocycles. The van der Waals surface area contributed by atoms with Gasteiger partial charge in [0.05, 0.1) is 10.6 Å². The predicted octanol–water partition coefficient (Wildman–Crippen LogP) is 3.53. The van der Waals surface area contributed by atoms with Gasteiger partial charge < -0.3 is 5.11 Å². The van der Waals surface area contributed by atoms with Gasteiger partial charge in [0.2, 0.25) is 0 Å². The Morgan fingerprint density at radius 2 is 2.18 bits per heavy atom. The highest BCUT2D eigenvalue weighted by molar-refractivity contribution is 7.09. The van der Waals surface area contributed by atoms with Gasteiger partial charge in [0.15, 0.2) is 0 Å². The van der Waals surface area contributed by atoms with E-state index in [1.165, 1.54) is 23.4 Å². The molecule has 4 nitrogen and oxygen atoms in total. The van der Waals surface area contributed by atoms with Gasteiger partial charge in [-0.25, -0.2) is 9.78 Å². The lowest BCUT2D eigenvalue weighted by molar-refractivity contribution is 0.0697. The van der Waals surface area contributed by atoms with Crippen molar-refractivity contribution in [3.63, 3.8) is 0 Å². The summed E-state index contributed by atoms with van der Waals surface area (Å²) in [5.41, 5.74) is 2.63. The average molecular weight is 316 g/mol. The molecule has 0 bridgehead atoms. The Kier molecular flexibility index (Phi) is 4.55. The highest BCUT2D eigenvalue weighted by atomic mass is 32.1. The molecule has 22 heavy (non-hydrogen) atoms. The standard InChI is InChI=1S/C17H20N2O2S/c1-12-11-22-16(18-12)15-3-2-8-19(10-15)9-13-4-6-14(7-5-13)17(20)21/h4-7,11,15H,2-3,8-10H2,1H3,(H,20,21). The third-order valence-electron chi connectivity index (χ3n) is 4.10. The fourth-order valence-electron chi connectivity index (χ4n) is 2.97. The van der Waals surface area contributed by atoms with Crippen LogP contribution in [0.4, 0.5) is 0 Å². The Balaban J connectivity index is 1.63. The zero-order valence-corrected chi connectivity index (χ0v) is 13.5. The smallest absolute Gasteiger partial charge is 0.335 e. The first-order valence-electron chi connectivity index (χ1n) is 7.58. The molecule has 1 aliphatic heterocycles. The van der Waals surface area contributed by atoms with Crippen molar-refractivity contribution in [1.82, 2.24) is 9.88 Å². The molecule has 2 aromatic rings. The average Bonchev–Trinajstić information content (AvgIpc) is 2.95. The van der Waals surface area contributed by atoms with Crippen LogP contribution >= 0.6 is 11.3 Å². The first kappa shape index (κ1) is 15.2. The summed E-state index contributed by atoms with van der Waals surface area (Å²) in [5.74, 6) is -0.338. The van der Waals surface area contributed by atoms with Crippen LogP contribution in [0.2, 0.25) is 0 Å². The van der Waals surface area contributed by atoms with E-state index >= 15 is 0 Å². The Hall–Kier alpha value is -1.72. The molecule has 0 saturated carbocycles. The fraction of sp³-hybridized carbons (Fsp3) is 0.412. The van der Waals surface area contributed by atoms with Gasteiger partial charge in [-0.1, -0.05) is 12.1 Å². The number of likely N-dealkylation sites (tertiary alicyclic amines) is 1. The lowest BCUT2D eigenvalue weighted by Crippen LogP contribution is -2.33. The number of hydrogen-bond acceptors (Lipinski definition) is 4. The van der Waals surface area contributed by atoms with Crippen LogP contribution in [0.25, 0.3) is 0 Å². The maximum Gasteiger partial charge on any atom is 0.335 e. The van der Waals surface area contributed by atoms with Crippen molar-refractivity contribution < 1.29 is 9.90 Å². The number of thiazole rings is 1. The summed E-state index contributed by atoms with van der Waals surface area (Å²) < 4.78 is 0. The largest absolute Gasteiger partial charge is 0.478 e. The summed E-state index contributed by atoms with van der Waals surface area (Å²) in [7, 11) is 0. The van der Waals surface area contributed by atoms with Gasteiger partial charge >= 0.3 is 5.97 Å². The third-order valence-corrected chi connectivity index (χ3v) is 5.22. The molecule has 2 heterocycles. The summed E-state index contributed by atoms with van der Waals surface area (Å²) >= 11 is 1.77. The van der Waals surface area contributed by atoms with E-state index in [1.807, 2.05) is 19.1 Å². The maximum absolute atomic E-state index is 10.9. The van der Waals surface area contributed by atoms with Crippen LogP contribution < -0.4 is 0 Å². The van der Waals surface area contributed by atoms with Crippen molar-refractivity contribution in [2.45, 2.75) is 32.2 Å². The molecule has 0 amide bonds. The minimum Gasteiger partial charge on any atom is -0.478 e. The first-order valence-corrected chi connectivity index (χ1v) is 8.46. The van der Waals surface area contributed by atoms with Crippen molar-refractivity contribution >= 4 is 17.3 Å². The number of carboxylic acids is 1. The number of nitrogens with zero attached hydrogens (tertiary/aromatic N) is 2. The zero-order chi connectivity index (χ0) is 15.5. The number of aromatic nitrogens is 1. The van der Waals surface area contributed by atoms with Crippen LogP contribution in [0.3, 0.4) is 0 Å². The van der Waals surface area contributed by atoms with Crippen molar-refractivity contribution in [3.05, 3.63) is 51.5 Å². The second kappa shape index (κ2) is 6.58. The van der Waals surface area contributed by atoms with Gasteiger partial charge in [-0.3, -0.25) is 4.90 Å². The van der Waals surface area contributed by atoms with Crippen molar-refractivity contribution in [1.29, 1.82) is 0 Å². The molecule has 1 fully saturated rings. The van der Waals surface area contributed by atoms with Gasteiger partial charge in [0, 0.05) is 30.1 Å². The molecule has 1 N–H and O–H groups in total. The van der Waals surface area contributed by atoms with Crippen LogP contribution in [0.15, 0.2) is 29.6 Å². The van der Waals surface area contributed by atoms with Crippen molar-refractivity contribution in [2.24, 2.45) is 0 Å². The molecular weight excluding hydrogens is 296 g/mol. The van der Waals surface area contributed by atoms with Gasteiger partial charge in [-0.2, -0.15) is 0 Å². The van der Waals surface area contributed by atoms with E-state index in [0.717, 1.165) is 25.3 Å². The highest BCUT2D eigenvalue weighted by Crippen LogP contribution is 2.29. The minimum absolute atomic E-state index is 0.346. The second-order valence-electron chi connectivity index (χ2n) is 5.90. The zero-order valence-electron chi connectivity index (χ0n) is 12.7. The number of hydrogen-bond donors (Lipinski definition) is 1. The van der Waals surface area contributed by atoms with Gasteiger partial charge in [0.25, 0.3) is 0 Å². The fourth-order valence-corrected chi connectivity index (χ4v) is 3.90. The number of carboxylic acid groups (broad SMARTS) is 1. The normalized spacial score (nSPS) is 19.2. The molecule has 1 saturated heterocycles. The van der Waals surface area contributed by atoms with E-state index < -0.39 is 5.97 Å². The predicted molar refractivity (Wildman–Crippen MR) is 87.5 cm³/mol. The van der Waals surface area contributed by atoms with E-state index in [1.54, 1.807) is 23.5 Å². The molecule has 1 aliphatic rings. The van der Waals surface area contributed by atoms with Gasteiger partial charge in [-0.15, -0.1) is 11.3 Å². The Labute approximate surface area is 134 Å². The van der Waals surface area contributed by atoms with Crippen molar-refractivity contribution in [3.8, 4) is 0 Å². The molecule has 1 unspecified atom stereocenters. The summed E-state index contributed by atoms with van der Waals surface area (Å²) in [6, 6.07) is 7.20. The van der Waals surface area contributed by atoms with E-state index in [2.05, 4.69) is 15.3 Å². The molecule has 1 aromatic carbocycles. The van der Waals surface area contributed by atoms with Crippen LogP contribution in [-0.4, -0.2) is 34.0 Å². The minimum atomic E-state index is -0.872. The summed E-state index contributed by atoms with van der Waals surface area (Å²) in [4.78, 5) is 18.0. The molecule has 116 valence electrons. The quantitative estimate of drug-likeness (QED) is 0.937. The number of aryl methyl sites for hydroxylation is 1. The van der Waals surface area contributed by atoms with Crippen LogP contribution in [-0.2, 0) is 6.54 Å². The SMILES string of the molecule is Cc1csc(C2CCCN(Cc3ccc(C(=O)O)cc3)C2)n1. The second-order valence-corrected chi connectivity index (χ2v) is 6.79. The monoisotopic (exact) mass is 316 g/mol. The number of piperidine rings is 1. The van der Waals surface area contributed by atoms with E-state index in [0.29, 0.717) is 11.5 Å². The highest BCUT2D eigenvalue weighted by Gasteiger charge is 2.23. The van der Waals surface area contributed by atoms with Crippen LogP contribution in [0.1, 0.15) is 45.4 Å². The number of carbonyl (C=O) groups is 1. The Morgan fingerprint density at radius 1 is 1.41 bits per heavy atom. The Morgan fingerprint density at radius 3 is 2.82 bits per heavy atom. The molecule has 1 aromatic heterocycles. The van der Waals surface area contributed by atoms with E-state index in [4.69, 9.17) is 5.11 Å². The number of benzene rings is 1. The van der Waals surface area contributed by atoms with Crippen molar-refractivity contribution in [2.75, 3.05) is 13.1 Å². The molecule has 5 heteroatoms. The molecule has 0 spiro atoms. The number of rotatable bonds is 4. The first-order chi connectivity index (χ1) is 10.6. The maximum atomic E-state index is 10.9. The molecule has 0 radical (unpaired) electrons. The summed E-state index contributed by atoms with van der Waals surface area (Å²) in [5, 5.41) is 12.3. The number of aromatic carboxylic acids is 1. The van der Waals surface area contributed by atoms with Gasteiger partial charge in [-0.05, 0) is 44.0 Å². The molecule has 3 rings (SSSR count). The molecular formula is C17H20N2O2S. The van der Waals surface area contributed by atoms with Crippen LogP contribution in [0, 0.1) is 6.92 Å². The lowest BCUT2D eigenvalue weighted by Gasteiger charge is -2.31. The lowest BCUT2D eigenvalue weighted by atomic mass is 9.98. The van der Waals surface area contributed by atoms with Gasteiger partial charge in [0.1, 0.15) is 0 Å².